The number of hydrogen-bond acceptors (Lipinski definition) is 5. The van der Waals surface area contributed by atoms with Crippen LogP contribution in [0.25, 0.3) is 4.83 Å². The first-order valence-electron chi connectivity index (χ1n) is 10.5. The van der Waals surface area contributed by atoms with Crippen LogP contribution < -0.4 is 2.89 Å². The molecule has 28 heavy (non-hydrogen) atoms. The second-order valence-corrected chi connectivity index (χ2v) is 23.8. The number of carbonyl (C=O) groups excluding carboxylic acids is 1. The molecule has 0 bridgehead atoms. The van der Waals surface area contributed by atoms with Gasteiger partial charge in [0.1, 0.15) is 0 Å². The third-order valence-corrected chi connectivity index (χ3v) is 25.7. The SMILES string of the molecule is CCC[CH2][Sn]([CH2]CCC)([CH2]CCC)[c]1cn2cnc(C(=O)c3cncs3)c2s1. The van der Waals surface area contributed by atoms with Crippen molar-refractivity contribution in [3.8, 4) is 0 Å². The van der Waals surface area contributed by atoms with E-state index in [0.717, 1.165) is 4.83 Å². The molecule has 0 aromatic carbocycles. The Balaban J connectivity index is 2.00. The number of nitrogens with zero attached hydrogens (tertiary/aromatic N) is 3. The summed E-state index contributed by atoms with van der Waals surface area (Å²) in [7, 11) is 0. The van der Waals surface area contributed by atoms with Gasteiger partial charge < -0.3 is 0 Å². The molecular weight excluding hydrogens is 493 g/mol. The second-order valence-electron chi connectivity index (χ2n) is 7.69. The number of aromatic nitrogens is 3. The molecule has 0 unspecified atom stereocenters. The van der Waals surface area contributed by atoms with Gasteiger partial charge in [0.25, 0.3) is 0 Å². The van der Waals surface area contributed by atoms with E-state index in [2.05, 4.69) is 41.3 Å². The van der Waals surface area contributed by atoms with Gasteiger partial charge in [0.05, 0.1) is 0 Å². The van der Waals surface area contributed by atoms with E-state index < -0.39 is 18.4 Å². The zero-order valence-corrected chi connectivity index (χ0v) is 21.7. The van der Waals surface area contributed by atoms with Crippen LogP contribution in [-0.2, 0) is 0 Å². The third-order valence-electron chi connectivity index (χ3n) is 5.63. The fourth-order valence-electron chi connectivity index (χ4n) is 3.94. The summed E-state index contributed by atoms with van der Waals surface area (Å²) in [6, 6.07) is 0. The maximum atomic E-state index is 12.9. The number of fused-ring (bicyclic) bond motifs is 1. The van der Waals surface area contributed by atoms with Crippen LogP contribution in [0.1, 0.15) is 74.7 Å². The molecule has 152 valence electrons. The van der Waals surface area contributed by atoms with Crippen LogP contribution in [0.2, 0.25) is 13.3 Å². The van der Waals surface area contributed by atoms with E-state index in [1.54, 1.807) is 14.6 Å². The van der Waals surface area contributed by atoms with Crippen LogP contribution >= 0.6 is 22.7 Å². The van der Waals surface area contributed by atoms with E-state index in [1.165, 1.54) is 63.2 Å². The molecule has 0 amide bonds. The predicted molar refractivity (Wildman–Crippen MR) is 123 cm³/mol. The molecule has 0 atom stereocenters. The molecule has 0 saturated carbocycles. The Morgan fingerprint density at radius 3 is 2.25 bits per heavy atom. The van der Waals surface area contributed by atoms with Gasteiger partial charge in [-0.1, -0.05) is 0 Å². The third kappa shape index (κ3) is 4.70. The van der Waals surface area contributed by atoms with E-state index in [1.807, 2.05) is 17.7 Å². The first-order chi connectivity index (χ1) is 13.6. The number of unbranched alkanes of at least 4 members (excludes halogenated alkanes) is 3. The molecule has 0 radical (unpaired) electrons. The molecule has 0 aliphatic rings. The normalized spacial score (nSPS) is 12.1. The van der Waals surface area contributed by atoms with Crippen LogP contribution in [0.4, 0.5) is 0 Å². The number of rotatable bonds is 12. The molecule has 0 aliphatic carbocycles. The van der Waals surface area contributed by atoms with Gasteiger partial charge >= 0.3 is 181 Å². The van der Waals surface area contributed by atoms with Crippen molar-refractivity contribution in [3.63, 3.8) is 0 Å². The number of carbonyl (C=O) groups is 1. The summed E-state index contributed by atoms with van der Waals surface area (Å²) < 4.78 is 8.09. The average molecular weight is 524 g/mol. The zero-order valence-electron chi connectivity index (χ0n) is 17.2. The van der Waals surface area contributed by atoms with E-state index >= 15 is 0 Å². The fourth-order valence-corrected chi connectivity index (χ4v) is 24.5. The summed E-state index contributed by atoms with van der Waals surface area (Å²) in [4.78, 5) is 23.1. The van der Waals surface area contributed by atoms with Gasteiger partial charge in [0, 0.05) is 0 Å². The molecule has 0 N–H and O–H groups in total. The van der Waals surface area contributed by atoms with Gasteiger partial charge in [-0.2, -0.15) is 0 Å². The first kappa shape index (κ1) is 22.0. The van der Waals surface area contributed by atoms with E-state index in [0.29, 0.717) is 10.6 Å². The average Bonchev–Trinajstić information content (AvgIpc) is 3.44. The van der Waals surface area contributed by atoms with Crippen molar-refractivity contribution < 1.29 is 4.79 Å². The molecule has 3 rings (SSSR count). The van der Waals surface area contributed by atoms with Crippen molar-refractivity contribution in [3.05, 3.63) is 34.8 Å². The Morgan fingerprint density at radius 2 is 1.71 bits per heavy atom. The van der Waals surface area contributed by atoms with Crippen molar-refractivity contribution in [1.29, 1.82) is 0 Å². The molecule has 3 aromatic heterocycles. The quantitative estimate of drug-likeness (QED) is 0.211. The van der Waals surface area contributed by atoms with Crippen LogP contribution in [0.15, 0.2) is 24.2 Å². The second kappa shape index (κ2) is 10.3. The van der Waals surface area contributed by atoms with Gasteiger partial charge in [0.15, 0.2) is 0 Å². The molecule has 0 aliphatic heterocycles. The van der Waals surface area contributed by atoms with E-state index in [9.17, 15) is 4.79 Å². The van der Waals surface area contributed by atoms with Crippen molar-refractivity contribution in [2.45, 2.75) is 72.6 Å². The minimum absolute atomic E-state index is 0.00914. The molecular formula is C21H31N3OS2Sn. The van der Waals surface area contributed by atoms with Gasteiger partial charge in [-0.05, 0) is 0 Å². The Morgan fingerprint density at radius 1 is 1.07 bits per heavy atom. The topological polar surface area (TPSA) is 47.3 Å². The maximum absolute atomic E-state index is 12.9. The monoisotopic (exact) mass is 525 g/mol. The van der Waals surface area contributed by atoms with Gasteiger partial charge in [-0.3, -0.25) is 0 Å². The molecule has 0 spiro atoms. The van der Waals surface area contributed by atoms with Crippen LogP contribution in [0.3, 0.4) is 0 Å². The van der Waals surface area contributed by atoms with E-state index in [4.69, 9.17) is 0 Å². The summed E-state index contributed by atoms with van der Waals surface area (Å²) in [5.41, 5.74) is 2.31. The molecule has 7 heteroatoms. The predicted octanol–water partition coefficient (Wildman–Crippen LogP) is 6.14. The number of hydrogen-bond donors (Lipinski definition) is 0. The summed E-state index contributed by atoms with van der Waals surface area (Å²) in [6.07, 6.45) is 13.7. The van der Waals surface area contributed by atoms with Gasteiger partial charge in [-0.25, -0.2) is 0 Å². The first-order valence-corrected chi connectivity index (χ1v) is 19.7. The number of imidazole rings is 1. The molecule has 4 nitrogen and oxygen atoms in total. The van der Waals surface area contributed by atoms with Crippen LogP contribution in [0, 0.1) is 0 Å². The molecule has 0 saturated heterocycles. The standard InChI is InChI=1S/C9H4N3OS2.3C4H9.Sn/c13-8(6-3-10-5-15-6)7-9-12(4-11-7)1-2-14-9;3*1-3-4-2;/h1,3-5H;3*1,3-4H2,2H3;. The van der Waals surface area contributed by atoms with E-state index in [-0.39, 0.29) is 5.78 Å². The fraction of sp³-hybridized carbons (Fsp3) is 0.571. The van der Waals surface area contributed by atoms with Crippen molar-refractivity contribution in [2.24, 2.45) is 0 Å². The van der Waals surface area contributed by atoms with Crippen molar-refractivity contribution >= 4 is 54.6 Å². The molecule has 3 aromatic rings. The molecule has 3 heterocycles. The van der Waals surface area contributed by atoms with Gasteiger partial charge in [-0.15, -0.1) is 0 Å². The Bertz CT molecular complexity index is 863. The van der Waals surface area contributed by atoms with Crippen molar-refractivity contribution in [1.82, 2.24) is 14.4 Å². The Kier molecular flexibility index (Phi) is 8.11. The zero-order chi connectivity index (χ0) is 20.0. The number of thiazole rings is 2. The summed E-state index contributed by atoms with van der Waals surface area (Å²) in [6.45, 7) is 6.93. The Hall–Kier alpha value is -0.731. The van der Waals surface area contributed by atoms with Crippen LogP contribution in [-0.4, -0.2) is 38.5 Å². The summed E-state index contributed by atoms with van der Waals surface area (Å²) >= 11 is 0.790. The van der Waals surface area contributed by atoms with Crippen molar-refractivity contribution in [2.75, 3.05) is 0 Å². The summed E-state index contributed by atoms with van der Waals surface area (Å²) in [5, 5.41) is 0. The van der Waals surface area contributed by atoms with Gasteiger partial charge in [0.2, 0.25) is 0 Å². The Labute approximate surface area is 180 Å². The van der Waals surface area contributed by atoms with Crippen LogP contribution in [0.5, 0.6) is 0 Å². The summed E-state index contributed by atoms with van der Waals surface area (Å²) in [5.74, 6) is 0.00914. The molecule has 0 fully saturated rings. The number of ketones is 1. The minimum atomic E-state index is -2.47.